The maximum Gasteiger partial charge on any atom is 0.427 e. The first-order valence-corrected chi connectivity index (χ1v) is 6.64. The third-order valence-corrected chi connectivity index (χ3v) is 3.21. The van der Waals surface area contributed by atoms with Crippen molar-refractivity contribution in [1.82, 2.24) is 9.55 Å². The van der Waals surface area contributed by atoms with E-state index >= 15 is 0 Å². The van der Waals surface area contributed by atoms with Gasteiger partial charge in [0.15, 0.2) is 0 Å². The van der Waals surface area contributed by atoms with E-state index < -0.39 is 4.92 Å². The van der Waals surface area contributed by atoms with Crippen molar-refractivity contribution in [3.8, 4) is 22.8 Å². The fourth-order valence-electron chi connectivity index (χ4n) is 2.11. The zero-order chi connectivity index (χ0) is 15.5. The Kier molecular flexibility index (Phi) is 3.57. The highest BCUT2D eigenvalue weighted by Crippen LogP contribution is 2.30. The van der Waals surface area contributed by atoms with E-state index in [1.807, 2.05) is 42.5 Å². The lowest BCUT2D eigenvalue weighted by Crippen LogP contribution is -1.96. The molecule has 0 atom stereocenters. The maximum atomic E-state index is 10.9. The molecule has 6 nitrogen and oxygen atoms in total. The summed E-state index contributed by atoms with van der Waals surface area (Å²) in [6.07, 6.45) is 1.35. The smallest absolute Gasteiger partial charge is 0.427 e. The van der Waals surface area contributed by atoms with Crippen LogP contribution in [0.25, 0.3) is 11.1 Å². The molecule has 6 heteroatoms. The van der Waals surface area contributed by atoms with Gasteiger partial charge in [-0.2, -0.15) is 0 Å². The highest BCUT2D eigenvalue weighted by Gasteiger charge is 2.22. The van der Waals surface area contributed by atoms with Crippen LogP contribution in [0.3, 0.4) is 0 Å². The van der Waals surface area contributed by atoms with Crippen molar-refractivity contribution in [2.24, 2.45) is 7.05 Å². The zero-order valence-electron chi connectivity index (χ0n) is 11.8. The molecule has 0 amide bonds. The van der Waals surface area contributed by atoms with Crippen molar-refractivity contribution in [3.05, 3.63) is 71.0 Å². The average molecular weight is 295 g/mol. The predicted molar refractivity (Wildman–Crippen MR) is 81.8 cm³/mol. The molecule has 0 aliphatic carbocycles. The summed E-state index contributed by atoms with van der Waals surface area (Å²) >= 11 is 0. The van der Waals surface area contributed by atoms with E-state index in [-0.39, 0.29) is 11.7 Å². The Bertz CT molecular complexity index is 795. The Labute approximate surface area is 126 Å². The standard InChI is InChI=1S/C16H13N3O3/c1-18-11-17-15(19(20)21)16(18)22-14-9-7-13(8-10-14)12-5-3-2-4-6-12/h2-11H,1H3. The van der Waals surface area contributed by atoms with Gasteiger partial charge in [0.05, 0.1) is 0 Å². The molecule has 0 fully saturated rings. The Morgan fingerprint density at radius 3 is 2.32 bits per heavy atom. The number of benzene rings is 2. The molecule has 3 rings (SSSR count). The molecule has 1 heterocycles. The normalized spacial score (nSPS) is 10.4. The Balaban J connectivity index is 1.86. The van der Waals surface area contributed by atoms with E-state index in [1.54, 1.807) is 19.2 Å². The molecule has 3 aromatic rings. The molecule has 0 bridgehead atoms. The quantitative estimate of drug-likeness (QED) is 0.542. The highest BCUT2D eigenvalue weighted by atomic mass is 16.6. The van der Waals surface area contributed by atoms with Gasteiger partial charge >= 0.3 is 11.7 Å². The van der Waals surface area contributed by atoms with Gasteiger partial charge in [0.2, 0.25) is 6.33 Å². The highest BCUT2D eigenvalue weighted by molar-refractivity contribution is 5.64. The first-order valence-electron chi connectivity index (χ1n) is 6.64. The predicted octanol–water partition coefficient (Wildman–Crippen LogP) is 3.79. The van der Waals surface area contributed by atoms with Crippen LogP contribution in [0.15, 0.2) is 60.9 Å². The van der Waals surface area contributed by atoms with E-state index in [4.69, 9.17) is 4.74 Å². The van der Waals surface area contributed by atoms with Gasteiger partial charge in [-0.3, -0.25) is 4.57 Å². The fourth-order valence-corrected chi connectivity index (χ4v) is 2.11. The number of rotatable bonds is 4. The van der Waals surface area contributed by atoms with Gasteiger partial charge in [-0.1, -0.05) is 42.5 Å². The fraction of sp³-hybridized carbons (Fsp3) is 0.0625. The van der Waals surface area contributed by atoms with Crippen LogP contribution in [-0.4, -0.2) is 14.5 Å². The summed E-state index contributed by atoms with van der Waals surface area (Å²) in [5.74, 6) is 0.332. The maximum absolute atomic E-state index is 10.9. The summed E-state index contributed by atoms with van der Waals surface area (Å²) in [7, 11) is 1.65. The molecule has 0 aliphatic rings. The molecular weight excluding hydrogens is 282 g/mol. The molecule has 0 unspecified atom stereocenters. The molecule has 0 N–H and O–H groups in total. The van der Waals surface area contributed by atoms with Crippen molar-refractivity contribution in [2.75, 3.05) is 0 Å². The van der Waals surface area contributed by atoms with E-state index in [0.717, 1.165) is 11.1 Å². The van der Waals surface area contributed by atoms with Crippen LogP contribution in [0.1, 0.15) is 0 Å². The molecule has 0 saturated heterocycles. The summed E-state index contributed by atoms with van der Waals surface area (Å²) in [5, 5.41) is 10.9. The number of hydrogen-bond acceptors (Lipinski definition) is 4. The number of nitrogens with zero attached hydrogens (tertiary/aromatic N) is 3. The number of nitro groups is 1. The van der Waals surface area contributed by atoms with E-state index in [9.17, 15) is 10.1 Å². The van der Waals surface area contributed by atoms with Gasteiger partial charge in [-0.25, -0.2) is 0 Å². The monoisotopic (exact) mass is 295 g/mol. The Hall–Kier alpha value is -3.15. The molecule has 0 spiro atoms. The largest absolute Gasteiger partial charge is 0.434 e. The third kappa shape index (κ3) is 2.67. The molecule has 110 valence electrons. The second-order valence-corrected chi connectivity index (χ2v) is 4.73. The summed E-state index contributed by atoms with van der Waals surface area (Å²) in [6, 6.07) is 17.3. The minimum atomic E-state index is -0.562. The summed E-state index contributed by atoms with van der Waals surface area (Å²) < 4.78 is 7.07. The topological polar surface area (TPSA) is 70.2 Å². The number of ether oxygens (including phenoxy) is 1. The SMILES string of the molecule is Cn1cnc([N+](=O)[O-])c1Oc1ccc(-c2ccccc2)cc1. The van der Waals surface area contributed by atoms with Crippen molar-refractivity contribution >= 4 is 5.82 Å². The number of imidazole rings is 1. The van der Waals surface area contributed by atoms with E-state index in [2.05, 4.69) is 4.98 Å². The van der Waals surface area contributed by atoms with Crippen LogP contribution < -0.4 is 4.74 Å². The van der Waals surface area contributed by atoms with Crippen molar-refractivity contribution in [2.45, 2.75) is 0 Å². The van der Waals surface area contributed by atoms with Gasteiger partial charge in [-0.15, -0.1) is 0 Å². The summed E-state index contributed by atoms with van der Waals surface area (Å²) in [4.78, 5) is 14.1. The van der Waals surface area contributed by atoms with Crippen molar-refractivity contribution in [3.63, 3.8) is 0 Å². The van der Waals surface area contributed by atoms with Crippen LogP contribution in [0.2, 0.25) is 0 Å². The second-order valence-electron chi connectivity index (χ2n) is 4.73. The minimum absolute atomic E-state index is 0.109. The molecule has 22 heavy (non-hydrogen) atoms. The van der Waals surface area contributed by atoms with Gasteiger partial charge in [0.25, 0.3) is 0 Å². The lowest BCUT2D eigenvalue weighted by molar-refractivity contribution is -0.390. The van der Waals surface area contributed by atoms with Gasteiger partial charge in [-0.05, 0) is 33.2 Å². The van der Waals surface area contributed by atoms with Gasteiger partial charge in [0.1, 0.15) is 5.75 Å². The van der Waals surface area contributed by atoms with Gasteiger partial charge in [0, 0.05) is 7.05 Å². The minimum Gasteiger partial charge on any atom is -0.434 e. The van der Waals surface area contributed by atoms with E-state index in [1.165, 1.54) is 10.9 Å². The molecule has 0 radical (unpaired) electrons. The van der Waals surface area contributed by atoms with Crippen molar-refractivity contribution in [1.29, 1.82) is 0 Å². The second kappa shape index (κ2) is 5.69. The van der Waals surface area contributed by atoms with Crippen LogP contribution in [0.4, 0.5) is 5.82 Å². The van der Waals surface area contributed by atoms with E-state index in [0.29, 0.717) is 5.75 Å². The Morgan fingerprint density at radius 1 is 1.05 bits per heavy atom. The lowest BCUT2D eigenvalue weighted by atomic mass is 10.1. The van der Waals surface area contributed by atoms with Crippen LogP contribution >= 0.6 is 0 Å². The number of aryl methyl sites for hydroxylation is 1. The van der Waals surface area contributed by atoms with Gasteiger partial charge < -0.3 is 14.9 Å². The molecule has 0 saturated carbocycles. The average Bonchev–Trinajstić information content (AvgIpc) is 2.90. The summed E-state index contributed by atoms with van der Waals surface area (Å²) in [6.45, 7) is 0. The number of aromatic nitrogens is 2. The summed E-state index contributed by atoms with van der Waals surface area (Å²) in [5.41, 5.74) is 2.15. The number of hydrogen-bond donors (Lipinski definition) is 0. The Morgan fingerprint density at radius 2 is 1.68 bits per heavy atom. The van der Waals surface area contributed by atoms with Crippen molar-refractivity contribution < 1.29 is 9.66 Å². The van der Waals surface area contributed by atoms with Crippen LogP contribution in [0, 0.1) is 10.1 Å². The first-order chi connectivity index (χ1) is 10.6. The zero-order valence-corrected chi connectivity index (χ0v) is 11.8. The van der Waals surface area contributed by atoms with Crippen LogP contribution in [-0.2, 0) is 7.05 Å². The third-order valence-electron chi connectivity index (χ3n) is 3.21. The molecule has 0 aliphatic heterocycles. The molecule has 2 aromatic carbocycles. The molecular formula is C16H13N3O3. The van der Waals surface area contributed by atoms with Crippen LogP contribution in [0.5, 0.6) is 11.6 Å². The first kappa shape index (κ1) is 13.8. The lowest BCUT2D eigenvalue weighted by Gasteiger charge is -2.06. The molecule has 1 aromatic heterocycles.